The fraction of sp³-hybridized carbons (Fsp3) is 0.583. The lowest BCUT2D eigenvalue weighted by Gasteiger charge is -2.27. The minimum Gasteiger partial charge on any atom is -0.444 e. The van der Waals surface area contributed by atoms with Gasteiger partial charge < -0.3 is 20.1 Å². The molecule has 0 aliphatic carbocycles. The van der Waals surface area contributed by atoms with Crippen LogP contribution in [0.4, 0.5) is 9.59 Å². The quantitative estimate of drug-likeness (QED) is 0.596. The van der Waals surface area contributed by atoms with E-state index < -0.39 is 41.2 Å². The number of benzene rings is 1. The fourth-order valence-electron chi connectivity index (χ4n) is 3.34. The van der Waals surface area contributed by atoms with Crippen molar-refractivity contribution in [3.8, 4) is 0 Å². The molecule has 4 amide bonds. The Balaban J connectivity index is 2.06. The SMILES string of the molecule is CC(CCC(CN1C(=O)c2ccccc2C1=O)NC(=O)OC(C)(C)C)NC(=O)OC(C)(C)C. The fourth-order valence-corrected chi connectivity index (χ4v) is 3.34. The lowest BCUT2D eigenvalue weighted by molar-refractivity contribution is 0.0453. The van der Waals surface area contributed by atoms with E-state index in [1.807, 2.05) is 6.92 Å². The lowest BCUT2D eigenvalue weighted by atomic mass is 10.1. The van der Waals surface area contributed by atoms with E-state index in [1.165, 1.54) is 0 Å². The summed E-state index contributed by atoms with van der Waals surface area (Å²) in [6, 6.07) is 5.80. The maximum atomic E-state index is 12.8. The molecular formula is C24H35N3O6. The largest absolute Gasteiger partial charge is 0.444 e. The normalized spacial score (nSPS) is 15.5. The number of hydrogen-bond acceptors (Lipinski definition) is 6. The molecule has 2 unspecified atom stereocenters. The number of ether oxygens (including phenoxy) is 2. The molecular weight excluding hydrogens is 426 g/mol. The number of imide groups is 1. The van der Waals surface area contributed by atoms with Crippen molar-refractivity contribution in [1.82, 2.24) is 15.5 Å². The number of nitrogens with one attached hydrogen (secondary N) is 2. The van der Waals surface area contributed by atoms with Gasteiger partial charge >= 0.3 is 12.2 Å². The van der Waals surface area contributed by atoms with E-state index in [-0.39, 0.29) is 12.6 Å². The van der Waals surface area contributed by atoms with Crippen LogP contribution in [0, 0.1) is 0 Å². The summed E-state index contributed by atoms with van der Waals surface area (Å²) in [4.78, 5) is 51.1. The molecule has 1 aliphatic rings. The zero-order valence-corrected chi connectivity index (χ0v) is 20.5. The van der Waals surface area contributed by atoms with Crippen molar-refractivity contribution >= 4 is 24.0 Å². The summed E-state index contributed by atoms with van der Waals surface area (Å²) in [6.07, 6.45) is -0.309. The predicted molar refractivity (Wildman–Crippen MR) is 123 cm³/mol. The molecule has 0 bridgehead atoms. The van der Waals surface area contributed by atoms with Crippen LogP contribution in [0.3, 0.4) is 0 Å². The van der Waals surface area contributed by atoms with Crippen molar-refractivity contribution in [1.29, 1.82) is 0 Å². The van der Waals surface area contributed by atoms with Gasteiger partial charge in [-0.2, -0.15) is 0 Å². The zero-order valence-electron chi connectivity index (χ0n) is 20.5. The topological polar surface area (TPSA) is 114 Å². The van der Waals surface area contributed by atoms with Crippen LogP contribution >= 0.6 is 0 Å². The van der Waals surface area contributed by atoms with Gasteiger partial charge in [-0.05, 0) is 73.4 Å². The average Bonchev–Trinajstić information content (AvgIpc) is 2.88. The van der Waals surface area contributed by atoms with E-state index in [0.717, 1.165) is 4.90 Å². The Hall–Kier alpha value is -3.10. The van der Waals surface area contributed by atoms with Crippen molar-refractivity contribution < 1.29 is 28.7 Å². The first kappa shape index (κ1) is 26.2. The van der Waals surface area contributed by atoms with Crippen LogP contribution in [-0.4, -0.2) is 58.7 Å². The third kappa shape index (κ3) is 8.07. The molecule has 1 aromatic carbocycles. The van der Waals surface area contributed by atoms with Gasteiger partial charge in [-0.3, -0.25) is 14.5 Å². The van der Waals surface area contributed by atoms with Gasteiger partial charge in [-0.15, -0.1) is 0 Å². The second-order valence-electron chi connectivity index (χ2n) is 10.2. The van der Waals surface area contributed by atoms with E-state index in [1.54, 1.807) is 65.8 Å². The van der Waals surface area contributed by atoms with Gasteiger partial charge in [-0.25, -0.2) is 9.59 Å². The molecule has 0 saturated heterocycles. The summed E-state index contributed by atoms with van der Waals surface area (Å²) in [5, 5.41) is 5.52. The van der Waals surface area contributed by atoms with E-state index in [9.17, 15) is 19.2 Å². The molecule has 0 spiro atoms. The minimum atomic E-state index is -0.699. The molecule has 1 aliphatic heterocycles. The van der Waals surface area contributed by atoms with Gasteiger partial charge in [-0.1, -0.05) is 12.1 Å². The second kappa shape index (κ2) is 10.2. The number of carbonyl (C=O) groups excluding carboxylic acids is 4. The smallest absolute Gasteiger partial charge is 0.407 e. The number of amides is 4. The van der Waals surface area contributed by atoms with E-state index >= 15 is 0 Å². The molecule has 2 N–H and O–H groups in total. The van der Waals surface area contributed by atoms with Crippen molar-refractivity contribution in [2.45, 2.75) is 84.6 Å². The second-order valence-corrected chi connectivity index (χ2v) is 10.2. The highest BCUT2D eigenvalue weighted by Crippen LogP contribution is 2.23. The van der Waals surface area contributed by atoms with Crippen LogP contribution in [0.1, 0.15) is 82.0 Å². The molecule has 0 saturated carbocycles. The van der Waals surface area contributed by atoms with Crippen molar-refractivity contribution in [3.05, 3.63) is 35.4 Å². The van der Waals surface area contributed by atoms with Gasteiger partial charge in [0.05, 0.1) is 17.2 Å². The van der Waals surface area contributed by atoms with Gasteiger partial charge in [0.15, 0.2) is 0 Å². The number of nitrogens with zero attached hydrogens (tertiary/aromatic N) is 1. The zero-order chi connectivity index (χ0) is 25.0. The minimum absolute atomic E-state index is 0.00918. The summed E-state index contributed by atoms with van der Waals surface area (Å²) >= 11 is 0. The maximum absolute atomic E-state index is 12.8. The van der Waals surface area contributed by atoms with Gasteiger partial charge in [0.2, 0.25) is 0 Å². The molecule has 33 heavy (non-hydrogen) atoms. The van der Waals surface area contributed by atoms with Crippen molar-refractivity contribution in [2.75, 3.05) is 6.54 Å². The molecule has 9 heteroatoms. The predicted octanol–water partition coefficient (Wildman–Crippen LogP) is 3.87. The molecule has 0 aromatic heterocycles. The van der Waals surface area contributed by atoms with Crippen LogP contribution < -0.4 is 10.6 Å². The number of carbonyl (C=O) groups is 4. The third-order valence-corrected chi connectivity index (χ3v) is 4.71. The number of hydrogen-bond donors (Lipinski definition) is 2. The first-order valence-electron chi connectivity index (χ1n) is 11.1. The Bertz CT molecular complexity index is 865. The van der Waals surface area contributed by atoms with Crippen LogP contribution in [0.25, 0.3) is 0 Å². The summed E-state index contributed by atoms with van der Waals surface area (Å²) in [5.74, 6) is -0.793. The van der Waals surface area contributed by atoms with Gasteiger partial charge in [0.1, 0.15) is 11.2 Å². The van der Waals surface area contributed by atoms with E-state index in [4.69, 9.17) is 9.47 Å². The average molecular weight is 462 g/mol. The highest BCUT2D eigenvalue weighted by Gasteiger charge is 2.37. The molecule has 1 heterocycles. The molecule has 9 nitrogen and oxygen atoms in total. The Morgan fingerprint density at radius 2 is 1.30 bits per heavy atom. The standard InChI is InChI=1S/C24H35N3O6/c1-15(25-21(30)32-23(2,3)4)12-13-16(26-22(31)33-24(5,6)7)14-27-19(28)17-10-8-9-11-18(17)20(27)29/h8-11,15-16H,12-14H2,1-7H3,(H,25,30)(H,26,31). The third-order valence-electron chi connectivity index (χ3n) is 4.71. The van der Waals surface area contributed by atoms with Crippen LogP contribution in [0.2, 0.25) is 0 Å². The Morgan fingerprint density at radius 3 is 1.76 bits per heavy atom. The molecule has 1 aromatic rings. The number of fused-ring (bicyclic) bond motifs is 1. The molecule has 2 rings (SSSR count). The summed E-state index contributed by atoms with van der Waals surface area (Å²) in [7, 11) is 0. The first-order valence-corrected chi connectivity index (χ1v) is 11.1. The van der Waals surface area contributed by atoms with Crippen molar-refractivity contribution in [2.24, 2.45) is 0 Å². The number of rotatable bonds is 7. The Labute approximate surface area is 195 Å². The van der Waals surface area contributed by atoms with E-state index in [0.29, 0.717) is 24.0 Å². The number of alkyl carbamates (subject to hydrolysis) is 2. The Morgan fingerprint density at radius 1 is 0.848 bits per heavy atom. The molecule has 0 radical (unpaired) electrons. The first-order chi connectivity index (χ1) is 15.2. The summed E-state index contributed by atoms with van der Waals surface area (Å²) in [6.45, 7) is 12.4. The molecule has 0 fully saturated rings. The molecule has 182 valence electrons. The van der Waals surface area contributed by atoms with Crippen LogP contribution in [-0.2, 0) is 9.47 Å². The lowest BCUT2D eigenvalue weighted by Crippen LogP contribution is -2.48. The monoisotopic (exact) mass is 461 g/mol. The highest BCUT2D eigenvalue weighted by molar-refractivity contribution is 6.21. The van der Waals surface area contributed by atoms with Gasteiger partial charge in [0, 0.05) is 12.6 Å². The summed E-state index contributed by atoms with van der Waals surface area (Å²) in [5.41, 5.74) is -0.622. The summed E-state index contributed by atoms with van der Waals surface area (Å²) < 4.78 is 10.6. The Kier molecular flexibility index (Phi) is 8.11. The van der Waals surface area contributed by atoms with Crippen LogP contribution in [0.15, 0.2) is 24.3 Å². The molecule has 2 atom stereocenters. The van der Waals surface area contributed by atoms with Gasteiger partial charge in [0.25, 0.3) is 11.8 Å². The highest BCUT2D eigenvalue weighted by atomic mass is 16.6. The maximum Gasteiger partial charge on any atom is 0.407 e. The van der Waals surface area contributed by atoms with E-state index in [2.05, 4.69) is 10.6 Å². The van der Waals surface area contributed by atoms with Crippen LogP contribution in [0.5, 0.6) is 0 Å². The van der Waals surface area contributed by atoms with Crippen molar-refractivity contribution in [3.63, 3.8) is 0 Å².